The molecule has 0 radical (unpaired) electrons. The number of aromatic nitrogens is 1. The third kappa shape index (κ3) is 2.90. The Balaban J connectivity index is 1.72. The van der Waals surface area contributed by atoms with Gasteiger partial charge in [0.25, 0.3) is 0 Å². The van der Waals surface area contributed by atoms with Crippen molar-refractivity contribution in [3.63, 3.8) is 0 Å². The van der Waals surface area contributed by atoms with Crippen molar-refractivity contribution in [2.24, 2.45) is 0 Å². The molecule has 1 saturated heterocycles. The number of nitrogen functional groups attached to an aromatic ring is 1. The maximum absolute atomic E-state index is 6.27. The number of hydrogen-bond donors (Lipinski definition) is 1. The molecule has 21 heavy (non-hydrogen) atoms. The second-order valence-electron chi connectivity index (χ2n) is 5.33. The number of pyridine rings is 1. The van der Waals surface area contributed by atoms with Gasteiger partial charge < -0.3 is 15.5 Å². The quantitative estimate of drug-likeness (QED) is 0.926. The average Bonchev–Trinajstić information content (AvgIpc) is 2.48. The molecule has 2 aromatic rings. The van der Waals surface area contributed by atoms with Crippen LogP contribution in [0.3, 0.4) is 0 Å². The molecule has 2 heterocycles. The molecule has 0 aliphatic carbocycles. The van der Waals surface area contributed by atoms with Crippen LogP contribution in [0.5, 0.6) is 0 Å². The van der Waals surface area contributed by atoms with Crippen LogP contribution in [-0.4, -0.2) is 31.2 Å². The minimum absolute atomic E-state index is 0.714. The monoisotopic (exact) mass is 302 g/mol. The summed E-state index contributed by atoms with van der Waals surface area (Å²) in [7, 11) is 0. The Morgan fingerprint density at radius 2 is 1.76 bits per heavy atom. The summed E-state index contributed by atoms with van der Waals surface area (Å²) in [5.74, 6) is 1.03. The van der Waals surface area contributed by atoms with E-state index in [0.29, 0.717) is 5.69 Å². The number of anilines is 3. The normalized spacial score (nSPS) is 15.3. The third-order valence-electron chi connectivity index (χ3n) is 3.84. The SMILES string of the molecule is Cc1cc(N)cnc1N1CCN(c2ccccc2Cl)CC1. The first kappa shape index (κ1) is 14.0. The fraction of sp³-hybridized carbons (Fsp3) is 0.312. The van der Waals surface area contributed by atoms with E-state index in [9.17, 15) is 0 Å². The lowest BCUT2D eigenvalue weighted by molar-refractivity contribution is 0.646. The van der Waals surface area contributed by atoms with Crippen LogP contribution >= 0.6 is 11.6 Å². The van der Waals surface area contributed by atoms with E-state index in [0.717, 1.165) is 48.3 Å². The van der Waals surface area contributed by atoms with Crippen molar-refractivity contribution in [3.8, 4) is 0 Å². The molecule has 1 aliphatic rings. The molecule has 2 N–H and O–H groups in total. The molecule has 3 rings (SSSR count). The lowest BCUT2D eigenvalue weighted by Gasteiger charge is -2.37. The smallest absolute Gasteiger partial charge is 0.131 e. The topological polar surface area (TPSA) is 45.4 Å². The lowest BCUT2D eigenvalue weighted by atomic mass is 10.2. The van der Waals surface area contributed by atoms with Crippen LogP contribution < -0.4 is 15.5 Å². The highest BCUT2D eigenvalue weighted by Gasteiger charge is 2.20. The summed E-state index contributed by atoms with van der Waals surface area (Å²) in [5.41, 5.74) is 8.72. The summed E-state index contributed by atoms with van der Waals surface area (Å²) in [4.78, 5) is 9.11. The van der Waals surface area contributed by atoms with Crippen molar-refractivity contribution in [2.75, 3.05) is 41.7 Å². The van der Waals surface area contributed by atoms with Gasteiger partial charge in [0.1, 0.15) is 5.82 Å². The number of halogens is 1. The van der Waals surface area contributed by atoms with Crippen molar-refractivity contribution in [3.05, 3.63) is 47.1 Å². The largest absolute Gasteiger partial charge is 0.397 e. The standard InChI is InChI=1S/C16H19ClN4/c1-12-10-13(18)11-19-16(12)21-8-6-20(7-9-21)15-5-3-2-4-14(15)17/h2-5,10-11H,6-9,18H2,1H3. The highest BCUT2D eigenvalue weighted by Crippen LogP contribution is 2.27. The molecule has 0 bridgehead atoms. The highest BCUT2D eigenvalue weighted by atomic mass is 35.5. The van der Waals surface area contributed by atoms with Gasteiger partial charge >= 0.3 is 0 Å². The van der Waals surface area contributed by atoms with Crippen molar-refractivity contribution in [2.45, 2.75) is 6.92 Å². The van der Waals surface area contributed by atoms with E-state index >= 15 is 0 Å². The number of piperazine rings is 1. The molecule has 4 nitrogen and oxygen atoms in total. The Morgan fingerprint density at radius 1 is 1.10 bits per heavy atom. The van der Waals surface area contributed by atoms with Gasteiger partial charge in [0.15, 0.2) is 0 Å². The number of hydrogen-bond acceptors (Lipinski definition) is 4. The van der Waals surface area contributed by atoms with Crippen LogP contribution in [0.4, 0.5) is 17.2 Å². The van der Waals surface area contributed by atoms with Crippen LogP contribution in [0.15, 0.2) is 36.5 Å². The molecule has 5 heteroatoms. The molecule has 1 aromatic carbocycles. The van der Waals surface area contributed by atoms with E-state index in [1.54, 1.807) is 6.20 Å². The summed E-state index contributed by atoms with van der Waals surface area (Å²) >= 11 is 6.27. The molecule has 0 saturated carbocycles. The zero-order valence-corrected chi connectivity index (χ0v) is 12.8. The molecule has 0 amide bonds. The number of para-hydroxylation sites is 1. The average molecular weight is 303 g/mol. The summed E-state index contributed by atoms with van der Waals surface area (Å²) < 4.78 is 0. The molecule has 110 valence electrons. The van der Waals surface area contributed by atoms with Gasteiger partial charge in [-0.15, -0.1) is 0 Å². The molecule has 1 aromatic heterocycles. The highest BCUT2D eigenvalue weighted by molar-refractivity contribution is 6.33. The van der Waals surface area contributed by atoms with Gasteiger partial charge in [-0.1, -0.05) is 23.7 Å². The zero-order valence-electron chi connectivity index (χ0n) is 12.1. The summed E-state index contributed by atoms with van der Waals surface area (Å²) in [6.07, 6.45) is 1.72. The van der Waals surface area contributed by atoms with Crippen LogP contribution in [0, 0.1) is 6.92 Å². The third-order valence-corrected chi connectivity index (χ3v) is 4.16. The molecule has 1 aliphatic heterocycles. The summed E-state index contributed by atoms with van der Waals surface area (Å²) in [6, 6.07) is 9.98. The Bertz CT molecular complexity index is 636. The van der Waals surface area contributed by atoms with Gasteiger partial charge in [0.05, 0.1) is 22.6 Å². The Labute approximate surface area is 130 Å². The van der Waals surface area contributed by atoms with Crippen molar-refractivity contribution in [1.29, 1.82) is 0 Å². The second kappa shape index (κ2) is 5.82. The number of rotatable bonds is 2. The number of nitrogens with two attached hydrogens (primary N) is 1. The number of nitrogens with zero attached hydrogens (tertiary/aromatic N) is 3. The maximum atomic E-state index is 6.27. The van der Waals surface area contributed by atoms with E-state index < -0.39 is 0 Å². The predicted octanol–water partition coefficient (Wildman–Crippen LogP) is 2.95. The molecule has 1 fully saturated rings. The Kier molecular flexibility index (Phi) is 3.88. The van der Waals surface area contributed by atoms with Crippen molar-refractivity contribution >= 4 is 28.8 Å². The first-order valence-electron chi connectivity index (χ1n) is 7.11. The number of benzene rings is 1. The van der Waals surface area contributed by atoms with Crippen molar-refractivity contribution in [1.82, 2.24) is 4.98 Å². The van der Waals surface area contributed by atoms with Crippen LogP contribution in [-0.2, 0) is 0 Å². The van der Waals surface area contributed by atoms with Gasteiger partial charge in [0.2, 0.25) is 0 Å². The lowest BCUT2D eigenvalue weighted by Crippen LogP contribution is -2.47. The number of aryl methyl sites for hydroxylation is 1. The molecular weight excluding hydrogens is 284 g/mol. The van der Waals surface area contributed by atoms with Gasteiger partial charge in [-0.25, -0.2) is 4.98 Å². The van der Waals surface area contributed by atoms with E-state index in [-0.39, 0.29) is 0 Å². The van der Waals surface area contributed by atoms with Gasteiger partial charge in [-0.2, -0.15) is 0 Å². The van der Waals surface area contributed by atoms with Crippen LogP contribution in [0.2, 0.25) is 5.02 Å². The molecule has 0 atom stereocenters. The Hall–Kier alpha value is -1.94. The minimum atomic E-state index is 0.714. The van der Waals surface area contributed by atoms with Crippen LogP contribution in [0.25, 0.3) is 0 Å². The van der Waals surface area contributed by atoms with Crippen LogP contribution in [0.1, 0.15) is 5.56 Å². The predicted molar refractivity (Wildman–Crippen MR) is 89.3 cm³/mol. The van der Waals surface area contributed by atoms with Gasteiger partial charge in [-0.3, -0.25) is 0 Å². The van der Waals surface area contributed by atoms with E-state index in [2.05, 4.69) is 27.8 Å². The Morgan fingerprint density at radius 3 is 2.43 bits per heavy atom. The first-order chi connectivity index (χ1) is 10.1. The zero-order chi connectivity index (χ0) is 14.8. The summed E-state index contributed by atoms with van der Waals surface area (Å²) in [6.45, 7) is 5.80. The minimum Gasteiger partial charge on any atom is -0.397 e. The first-order valence-corrected chi connectivity index (χ1v) is 7.49. The fourth-order valence-electron chi connectivity index (χ4n) is 2.79. The molecule has 0 unspecified atom stereocenters. The van der Waals surface area contributed by atoms with E-state index in [1.807, 2.05) is 24.3 Å². The van der Waals surface area contributed by atoms with E-state index in [4.69, 9.17) is 17.3 Å². The van der Waals surface area contributed by atoms with Crippen molar-refractivity contribution < 1.29 is 0 Å². The van der Waals surface area contributed by atoms with E-state index in [1.165, 1.54) is 0 Å². The van der Waals surface area contributed by atoms with Gasteiger partial charge in [-0.05, 0) is 30.7 Å². The molecule has 0 spiro atoms. The maximum Gasteiger partial charge on any atom is 0.131 e. The van der Waals surface area contributed by atoms with Gasteiger partial charge in [0, 0.05) is 26.2 Å². The second-order valence-corrected chi connectivity index (χ2v) is 5.74. The molecular formula is C16H19ClN4. The fourth-order valence-corrected chi connectivity index (χ4v) is 3.04. The summed E-state index contributed by atoms with van der Waals surface area (Å²) in [5, 5.41) is 0.813.